The van der Waals surface area contributed by atoms with Gasteiger partial charge in [0.15, 0.2) is 11.5 Å². The number of carbonyl (C=O) groups is 2. The molecule has 0 aromatic carbocycles. The highest BCUT2D eigenvalue weighted by Gasteiger charge is 2.21. The molecule has 112 valence electrons. The highest BCUT2D eigenvalue weighted by molar-refractivity contribution is 5.94. The molecule has 0 atom stereocenters. The molecule has 1 amide bonds. The first-order chi connectivity index (χ1) is 10.1. The van der Waals surface area contributed by atoms with Crippen LogP contribution in [0.5, 0.6) is 0 Å². The lowest BCUT2D eigenvalue weighted by molar-refractivity contribution is -0.137. The average molecular weight is 293 g/mol. The van der Waals surface area contributed by atoms with Gasteiger partial charge < -0.3 is 19.2 Å². The Bertz CT molecular complexity index is 605. The number of aromatic nitrogens is 2. The molecule has 2 aromatic rings. The summed E-state index contributed by atoms with van der Waals surface area (Å²) >= 11 is 0. The van der Waals surface area contributed by atoms with E-state index in [0.717, 1.165) is 4.90 Å². The van der Waals surface area contributed by atoms with E-state index in [4.69, 9.17) is 14.3 Å². The number of aromatic amines is 1. The predicted octanol–water partition coefficient (Wildman–Crippen LogP) is 0.843. The lowest BCUT2D eigenvalue weighted by atomic mass is 10.2. The number of ether oxygens (including phenoxy) is 1. The maximum atomic E-state index is 12.3. The van der Waals surface area contributed by atoms with Crippen LogP contribution in [0.2, 0.25) is 0 Å². The van der Waals surface area contributed by atoms with Gasteiger partial charge in [-0.1, -0.05) is 0 Å². The molecule has 0 aliphatic heterocycles. The normalized spacial score (nSPS) is 10.5. The van der Waals surface area contributed by atoms with Crippen molar-refractivity contribution in [1.29, 1.82) is 0 Å². The summed E-state index contributed by atoms with van der Waals surface area (Å²) in [7, 11) is 1.48. The van der Waals surface area contributed by atoms with E-state index in [-0.39, 0.29) is 18.8 Å². The van der Waals surface area contributed by atoms with Gasteiger partial charge in [0, 0.05) is 19.7 Å². The van der Waals surface area contributed by atoms with E-state index in [9.17, 15) is 9.59 Å². The van der Waals surface area contributed by atoms with E-state index in [2.05, 4.69) is 10.2 Å². The summed E-state index contributed by atoms with van der Waals surface area (Å²) in [6.45, 7) is 0.00417. The molecular weight excluding hydrogens is 278 g/mol. The van der Waals surface area contributed by atoms with Crippen molar-refractivity contribution in [3.63, 3.8) is 0 Å². The summed E-state index contributed by atoms with van der Waals surface area (Å²) in [6.07, 6.45) is 1.51. The van der Waals surface area contributed by atoms with Gasteiger partial charge in [-0.05, 0) is 12.1 Å². The number of nitrogens with one attached hydrogen (secondary N) is 1. The number of carboxylic acid groups (broad SMARTS) is 1. The van der Waals surface area contributed by atoms with Gasteiger partial charge in [-0.25, -0.2) is 0 Å². The molecule has 0 spiro atoms. The maximum Gasteiger partial charge on any atom is 0.323 e. The van der Waals surface area contributed by atoms with E-state index in [0.29, 0.717) is 11.5 Å². The lowest BCUT2D eigenvalue weighted by Gasteiger charge is -2.18. The van der Waals surface area contributed by atoms with Gasteiger partial charge in [-0.3, -0.25) is 14.7 Å². The van der Waals surface area contributed by atoms with Crippen LogP contribution in [-0.2, 0) is 9.53 Å². The molecule has 2 heterocycles. The fraction of sp³-hybridized carbons (Fsp3) is 0.308. The van der Waals surface area contributed by atoms with Crippen LogP contribution in [0, 0.1) is 0 Å². The van der Waals surface area contributed by atoms with Crippen LogP contribution in [0.1, 0.15) is 10.5 Å². The van der Waals surface area contributed by atoms with Crippen molar-refractivity contribution in [2.75, 3.05) is 26.8 Å². The van der Waals surface area contributed by atoms with E-state index in [1.807, 2.05) is 0 Å². The third kappa shape index (κ3) is 3.69. The Morgan fingerprint density at radius 1 is 1.52 bits per heavy atom. The predicted molar refractivity (Wildman–Crippen MR) is 71.7 cm³/mol. The number of carbonyl (C=O) groups excluding carboxylic acids is 1. The molecule has 21 heavy (non-hydrogen) atoms. The second-order valence-electron chi connectivity index (χ2n) is 4.26. The summed E-state index contributed by atoms with van der Waals surface area (Å²) in [5.41, 5.74) is 0.670. The topological polar surface area (TPSA) is 109 Å². The van der Waals surface area contributed by atoms with Gasteiger partial charge in [0.05, 0.1) is 12.9 Å². The highest BCUT2D eigenvalue weighted by Crippen LogP contribution is 2.18. The van der Waals surface area contributed by atoms with Crippen LogP contribution in [0.15, 0.2) is 28.9 Å². The van der Waals surface area contributed by atoms with Gasteiger partial charge in [-0.15, -0.1) is 0 Å². The highest BCUT2D eigenvalue weighted by atomic mass is 16.5. The zero-order valence-corrected chi connectivity index (χ0v) is 11.4. The van der Waals surface area contributed by atoms with Crippen molar-refractivity contribution in [3.8, 4) is 11.5 Å². The van der Waals surface area contributed by atoms with Gasteiger partial charge in [-0.2, -0.15) is 5.10 Å². The molecule has 0 saturated carbocycles. The summed E-state index contributed by atoms with van der Waals surface area (Å²) in [6, 6.07) is 4.96. The third-order valence-electron chi connectivity index (χ3n) is 2.76. The van der Waals surface area contributed by atoms with Gasteiger partial charge >= 0.3 is 5.97 Å². The monoisotopic (exact) mass is 293 g/mol. The number of amides is 1. The van der Waals surface area contributed by atoms with Gasteiger partial charge in [0.1, 0.15) is 12.2 Å². The van der Waals surface area contributed by atoms with E-state index >= 15 is 0 Å². The SMILES string of the molecule is COCCN(CC(=O)O)C(=O)c1cc(-c2ccco2)[nH]n1. The molecule has 2 rings (SSSR count). The van der Waals surface area contributed by atoms with Gasteiger partial charge in [0.2, 0.25) is 0 Å². The molecule has 8 nitrogen and oxygen atoms in total. The second-order valence-corrected chi connectivity index (χ2v) is 4.26. The largest absolute Gasteiger partial charge is 0.480 e. The Hall–Kier alpha value is -2.61. The molecule has 0 saturated heterocycles. The number of furan rings is 1. The summed E-state index contributed by atoms with van der Waals surface area (Å²) in [5, 5.41) is 15.4. The molecular formula is C13H15N3O5. The number of rotatable bonds is 7. The molecule has 0 fully saturated rings. The Morgan fingerprint density at radius 3 is 2.95 bits per heavy atom. The molecule has 0 unspecified atom stereocenters. The van der Waals surface area contributed by atoms with Crippen LogP contribution < -0.4 is 0 Å². The Balaban J connectivity index is 2.14. The first-order valence-corrected chi connectivity index (χ1v) is 6.21. The van der Waals surface area contributed by atoms with Crippen molar-refractivity contribution in [2.24, 2.45) is 0 Å². The second kappa shape index (κ2) is 6.71. The fourth-order valence-corrected chi connectivity index (χ4v) is 1.77. The zero-order valence-electron chi connectivity index (χ0n) is 11.4. The molecule has 0 aliphatic carbocycles. The quantitative estimate of drug-likeness (QED) is 0.783. The molecule has 0 bridgehead atoms. The van der Waals surface area contributed by atoms with Crippen molar-refractivity contribution in [2.45, 2.75) is 0 Å². The molecule has 8 heteroatoms. The van der Waals surface area contributed by atoms with Crippen molar-refractivity contribution >= 4 is 11.9 Å². The number of nitrogens with zero attached hydrogens (tertiary/aromatic N) is 2. The summed E-state index contributed by atoms with van der Waals surface area (Å²) in [4.78, 5) is 24.2. The van der Waals surface area contributed by atoms with Gasteiger partial charge in [0.25, 0.3) is 5.91 Å². The van der Waals surface area contributed by atoms with Crippen molar-refractivity contribution < 1.29 is 23.8 Å². The lowest BCUT2D eigenvalue weighted by Crippen LogP contribution is -2.38. The number of H-pyrrole nitrogens is 1. The first kappa shape index (κ1) is 14.8. The standard InChI is InChI=1S/C13H15N3O5/c1-20-6-4-16(8-12(17)18)13(19)10-7-9(14-15-10)11-3-2-5-21-11/h2-3,5,7H,4,6,8H2,1H3,(H,14,15)(H,17,18). The van der Waals surface area contributed by atoms with Crippen LogP contribution in [0.3, 0.4) is 0 Å². The minimum Gasteiger partial charge on any atom is -0.480 e. The van der Waals surface area contributed by atoms with E-state index in [1.54, 1.807) is 12.1 Å². The average Bonchev–Trinajstić information content (AvgIpc) is 3.11. The van der Waals surface area contributed by atoms with Crippen LogP contribution in [0.25, 0.3) is 11.5 Å². The summed E-state index contributed by atoms with van der Waals surface area (Å²) in [5.74, 6) is -1.03. The fourth-order valence-electron chi connectivity index (χ4n) is 1.77. The molecule has 0 radical (unpaired) electrons. The summed E-state index contributed by atoms with van der Waals surface area (Å²) < 4.78 is 10.1. The van der Waals surface area contributed by atoms with E-state index in [1.165, 1.54) is 19.4 Å². The third-order valence-corrected chi connectivity index (χ3v) is 2.76. The first-order valence-electron chi connectivity index (χ1n) is 6.21. The molecule has 2 N–H and O–H groups in total. The molecule has 0 aliphatic rings. The number of aliphatic carboxylic acids is 1. The minimum absolute atomic E-state index is 0.124. The smallest absolute Gasteiger partial charge is 0.323 e. The number of carboxylic acids is 1. The van der Waals surface area contributed by atoms with Crippen molar-refractivity contribution in [3.05, 3.63) is 30.2 Å². The van der Waals surface area contributed by atoms with E-state index < -0.39 is 18.4 Å². The van der Waals surface area contributed by atoms with Crippen LogP contribution in [0.4, 0.5) is 0 Å². The maximum absolute atomic E-state index is 12.3. The Kier molecular flexibility index (Phi) is 4.72. The number of hydrogen-bond acceptors (Lipinski definition) is 5. The Labute approximate surface area is 120 Å². The zero-order chi connectivity index (χ0) is 15.2. The van der Waals surface area contributed by atoms with Crippen LogP contribution in [-0.4, -0.2) is 58.9 Å². The minimum atomic E-state index is -1.10. The molecule has 2 aromatic heterocycles. The van der Waals surface area contributed by atoms with Crippen LogP contribution >= 0.6 is 0 Å². The van der Waals surface area contributed by atoms with Crippen molar-refractivity contribution in [1.82, 2.24) is 15.1 Å². The number of methoxy groups -OCH3 is 1. The number of hydrogen-bond donors (Lipinski definition) is 2. The Morgan fingerprint density at radius 2 is 2.33 bits per heavy atom.